The van der Waals surface area contributed by atoms with Crippen molar-refractivity contribution in [2.45, 2.75) is 43.7 Å². The average Bonchev–Trinajstić information content (AvgIpc) is 3.33. The van der Waals surface area contributed by atoms with Gasteiger partial charge in [-0.05, 0) is 19.4 Å². The van der Waals surface area contributed by atoms with E-state index in [-0.39, 0.29) is 6.61 Å². The van der Waals surface area contributed by atoms with Gasteiger partial charge in [0.15, 0.2) is 5.79 Å². The molecule has 2 aromatic carbocycles. The van der Waals surface area contributed by atoms with E-state index in [1.165, 1.54) is 0 Å². The SMILES string of the molecule is CC1(C)O[C@H]([C@H](O)c2ccccc2C2(c3ccccc3)OCCO2)[C@H](CO)O1. The standard InChI is InChI=1S/C22H26O6/c1-21(2)27-18(14-23)20(28-21)19(24)16-10-6-7-11-17(16)22(25-12-13-26-22)15-8-4-3-5-9-15/h3-11,18-20,23-24H,12-14H2,1-2H3/t18-,19+,20-/m0/s1. The van der Waals surface area contributed by atoms with E-state index in [9.17, 15) is 10.2 Å². The summed E-state index contributed by atoms with van der Waals surface area (Å²) in [6, 6.07) is 17.2. The third-order valence-corrected chi connectivity index (χ3v) is 5.19. The molecule has 6 heteroatoms. The number of aliphatic hydroxyl groups is 2. The average molecular weight is 386 g/mol. The van der Waals surface area contributed by atoms with Crippen molar-refractivity contribution < 1.29 is 29.2 Å². The molecule has 0 aromatic heterocycles. The lowest BCUT2D eigenvalue weighted by atomic mass is 9.88. The summed E-state index contributed by atoms with van der Waals surface area (Å²) in [5.74, 6) is -1.98. The van der Waals surface area contributed by atoms with E-state index in [0.717, 1.165) is 11.1 Å². The molecule has 2 fully saturated rings. The first-order valence-corrected chi connectivity index (χ1v) is 9.54. The number of hydrogen-bond acceptors (Lipinski definition) is 6. The van der Waals surface area contributed by atoms with E-state index in [2.05, 4.69) is 0 Å². The molecular formula is C22H26O6. The van der Waals surface area contributed by atoms with Gasteiger partial charge in [-0.15, -0.1) is 0 Å². The van der Waals surface area contributed by atoms with Crippen molar-refractivity contribution in [2.75, 3.05) is 19.8 Å². The quantitative estimate of drug-likeness (QED) is 0.822. The van der Waals surface area contributed by atoms with Crippen molar-refractivity contribution in [3.8, 4) is 0 Å². The number of benzene rings is 2. The first kappa shape index (κ1) is 19.5. The van der Waals surface area contributed by atoms with Crippen LogP contribution in [0, 0.1) is 0 Å². The molecule has 28 heavy (non-hydrogen) atoms. The molecule has 0 aliphatic carbocycles. The highest BCUT2D eigenvalue weighted by Gasteiger charge is 2.48. The van der Waals surface area contributed by atoms with E-state index < -0.39 is 29.9 Å². The fraction of sp³-hybridized carbons (Fsp3) is 0.455. The molecule has 3 atom stereocenters. The van der Waals surface area contributed by atoms with Gasteiger partial charge in [0.25, 0.3) is 0 Å². The summed E-state index contributed by atoms with van der Waals surface area (Å²) < 4.78 is 23.9. The van der Waals surface area contributed by atoms with Gasteiger partial charge in [-0.3, -0.25) is 0 Å². The van der Waals surface area contributed by atoms with Gasteiger partial charge in [0.1, 0.15) is 18.3 Å². The second-order valence-electron chi connectivity index (χ2n) is 7.53. The predicted octanol–water partition coefficient (Wildman–Crippen LogP) is 2.48. The maximum Gasteiger partial charge on any atom is 0.222 e. The molecule has 150 valence electrons. The molecule has 0 unspecified atom stereocenters. The van der Waals surface area contributed by atoms with E-state index in [4.69, 9.17) is 18.9 Å². The fourth-order valence-corrected chi connectivity index (χ4v) is 4.05. The third-order valence-electron chi connectivity index (χ3n) is 5.19. The minimum Gasteiger partial charge on any atom is -0.394 e. The highest BCUT2D eigenvalue weighted by Crippen LogP contribution is 2.43. The van der Waals surface area contributed by atoms with Gasteiger partial charge in [-0.1, -0.05) is 54.6 Å². The molecule has 4 rings (SSSR count). The van der Waals surface area contributed by atoms with Crippen LogP contribution in [0.3, 0.4) is 0 Å². The Kier molecular flexibility index (Phi) is 5.26. The van der Waals surface area contributed by atoms with E-state index in [1.54, 1.807) is 13.8 Å². The molecule has 2 heterocycles. The monoisotopic (exact) mass is 386 g/mol. The van der Waals surface area contributed by atoms with Crippen molar-refractivity contribution in [3.05, 3.63) is 71.3 Å². The second-order valence-corrected chi connectivity index (χ2v) is 7.53. The van der Waals surface area contributed by atoms with Crippen LogP contribution in [0.15, 0.2) is 54.6 Å². The van der Waals surface area contributed by atoms with Crippen LogP contribution in [0.4, 0.5) is 0 Å². The number of rotatable bonds is 5. The molecule has 2 aliphatic rings. The molecule has 0 saturated carbocycles. The first-order chi connectivity index (χ1) is 13.5. The molecule has 0 bridgehead atoms. The normalized spacial score (nSPS) is 27.0. The number of hydrogen-bond donors (Lipinski definition) is 2. The maximum absolute atomic E-state index is 11.2. The highest BCUT2D eigenvalue weighted by atomic mass is 16.8. The Morgan fingerprint density at radius 1 is 0.964 bits per heavy atom. The van der Waals surface area contributed by atoms with Crippen LogP contribution in [0.2, 0.25) is 0 Å². The zero-order valence-corrected chi connectivity index (χ0v) is 16.1. The fourth-order valence-electron chi connectivity index (χ4n) is 4.05. The Balaban J connectivity index is 1.77. The predicted molar refractivity (Wildman–Crippen MR) is 101 cm³/mol. The van der Waals surface area contributed by atoms with E-state index in [0.29, 0.717) is 18.8 Å². The summed E-state index contributed by atoms with van der Waals surface area (Å²) in [5.41, 5.74) is 2.20. The van der Waals surface area contributed by atoms with Crippen LogP contribution in [0.25, 0.3) is 0 Å². The molecule has 6 nitrogen and oxygen atoms in total. The number of ether oxygens (including phenoxy) is 4. The summed E-state index contributed by atoms with van der Waals surface area (Å²) >= 11 is 0. The van der Waals surface area contributed by atoms with Crippen molar-refractivity contribution in [2.24, 2.45) is 0 Å². The second kappa shape index (κ2) is 7.55. The zero-order chi connectivity index (χ0) is 19.8. The summed E-state index contributed by atoms with van der Waals surface area (Å²) in [7, 11) is 0. The summed E-state index contributed by atoms with van der Waals surface area (Å²) in [6.45, 7) is 4.19. The van der Waals surface area contributed by atoms with E-state index in [1.807, 2.05) is 54.6 Å². The minimum atomic E-state index is -1.09. The summed E-state index contributed by atoms with van der Waals surface area (Å²) in [5, 5.41) is 20.9. The Hall–Kier alpha value is -1.80. The topological polar surface area (TPSA) is 77.4 Å². The van der Waals surface area contributed by atoms with Gasteiger partial charge in [0.2, 0.25) is 5.79 Å². The van der Waals surface area contributed by atoms with Crippen LogP contribution >= 0.6 is 0 Å². The van der Waals surface area contributed by atoms with Gasteiger partial charge in [0, 0.05) is 11.1 Å². The third kappa shape index (κ3) is 3.37. The van der Waals surface area contributed by atoms with Crippen molar-refractivity contribution >= 4 is 0 Å². The molecule has 2 aliphatic heterocycles. The molecule has 2 saturated heterocycles. The highest BCUT2D eigenvalue weighted by molar-refractivity contribution is 5.41. The van der Waals surface area contributed by atoms with Crippen molar-refractivity contribution in [1.29, 1.82) is 0 Å². The lowest BCUT2D eigenvalue weighted by Gasteiger charge is -2.32. The maximum atomic E-state index is 11.2. The van der Waals surface area contributed by atoms with Crippen LogP contribution < -0.4 is 0 Å². The molecule has 0 spiro atoms. The Morgan fingerprint density at radius 2 is 1.61 bits per heavy atom. The Labute approximate surface area is 164 Å². The van der Waals surface area contributed by atoms with Crippen LogP contribution in [0.1, 0.15) is 36.6 Å². The molecule has 2 N–H and O–H groups in total. The van der Waals surface area contributed by atoms with Crippen molar-refractivity contribution in [1.82, 2.24) is 0 Å². The van der Waals surface area contributed by atoms with Gasteiger partial charge in [0.05, 0.1) is 19.8 Å². The minimum absolute atomic E-state index is 0.246. The molecular weight excluding hydrogens is 360 g/mol. The smallest absolute Gasteiger partial charge is 0.222 e. The van der Waals surface area contributed by atoms with Gasteiger partial charge < -0.3 is 29.2 Å². The van der Waals surface area contributed by atoms with E-state index >= 15 is 0 Å². The first-order valence-electron chi connectivity index (χ1n) is 9.54. The van der Waals surface area contributed by atoms with Gasteiger partial charge >= 0.3 is 0 Å². The van der Waals surface area contributed by atoms with Crippen LogP contribution in [0.5, 0.6) is 0 Å². The number of aliphatic hydroxyl groups excluding tert-OH is 2. The van der Waals surface area contributed by atoms with Crippen LogP contribution in [-0.2, 0) is 24.7 Å². The van der Waals surface area contributed by atoms with Gasteiger partial charge in [-0.2, -0.15) is 0 Å². The lowest BCUT2D eigenvalue weighted by Crippen LogP contribution is -2.35. The largest absolute Gasteiger partial charge is 0.394 e. The lowest BCUT2D eigenvalue weighted by molar-refractivity contribution is -0.158. The van der Waals surface area contributed by atoms with Crippen molar-refractivity contribution in [3.63, 3.8) is 0 Å². The summed E-state index contributed by atoms with van der Waals surface area (Å²) in [4.78, 5) is 0. The molecule has 2 aromatic rings. The molecule has 0 amide bonds. The van der Waals surface area contributed by atoms with Gasteiger partial charge in [-0.25, -0.2) is 0 Å². The Morgan fingerprint density at radius 3 is 2.29 bits per heavy atom. The molecule has 0 radical (unpaired) electrons. The Bertz CT molecular complexity index is 800. The summed E-state index contributed by atoms with van der Waals surface area (Å²) in [6.07, 6.45) is -2.37. The zero-order valence-electron chi connectivity index (χ0n) is 16.1. The van der Waals surface area contributed by atoms with Crippen LogP contribution in [-0.4, -0.2) is 48.0 Å².